The van der Waals surface area contributed by atoms with E-state index in [0.29, 0.717) is 12.2 Å². The summed E-state index contributed by atoms with van der Waals surface area (Å²) in [5.41, 5.74) is 7.04. The van der Waals surface area contributed by atoms with E-state index in [0.717, 1.165) is 5.56 Å². The first-order chi connectivity index (χ1) is 7.77. The van der Waals surface area contributed by atoms with Gasteiger partial charge in [0.25, 0.3) is 0 Å². The molecule has 1 heterocycles. The maximum Gasteiger partial charge on any atom is 0.133 e. The zero-order valence-corrected chi connectivity index (χ0v) is 8.91. The van der Waals surface area contributed by atoms with Crippen molar-refractivity contribution in [3.8, 4) is 0 Å². The van der Waals surface area contributed by atoms with Gasteiger partial charge < -0.3 is 15.3 Å². The maximum absolute atomic E-state index is 9.92. The van der Waals surface area contributed by atoms with Gasteiger partial charge in [0.1, 0.15) is 11.9 Å². The number of benzene rings is 1. The van der Waals surface area contributed by atoms with Crippen LogP contribution in [-0.2, 0) is 6.42 Å². The van der Waals surface area contributed by atoms with Crippen LogP contribution in [0.15, 0.2) is 53.1 Å². The van der Waals surface area contributed by atoms with Gasteiger partial charge in [0.2, 0.25) is 0 Å². The molecule has 0 radical (unpaired) electrons. The van der Waals surface area contributed by atoms with Gasteiger partial charge in [-0.05, 0) is 24.1 Å². The van der Waals surface area contributed by atoms with E-state index in [1.54, 1.807) is 12.1 Å². The molecular formula is C13H15NO2. The molecule has 0 aliphatic rings. The molecule has 1 aromatic carbocycles. The highest BCUT2D eigenvalue weighted by atomic mass is 16.4. The van der Waals surface area contributed by atoms with E-state index in [2.05, 4.69) is 0 Å². The van der Waals surface area contributed by atoms with Crippen molar-refractivity contribution in [2.75, 3.05) is 0 Å². The largest absolute Gasteiger partial charge is 0.467 e. The van der Waals surface area contributed by atoms with Crippen molar-refractivity contribution in [2.45, 2.75) is 18.6 Å². The minimum Gasteiger partial charge on any atom is -0.467 e. The van der Waals surface area contributed by atoms with E-state index < -0.39 is 6.10 Å². The molecule has 0 saturated carbocycles. The summed E-state index contributed by atoms with van der Waals surface area (Å²) in [6.45, 7) is 0. The van der Waals surface area contributed by atoms with Crippen molar-refractivity contribution in [3.05, 3.63) is 60.1 Å². The summed E-state index contributed by atoms with van der Waals surface area (Å²) in [7, 11) is 0. The molecule has 0 aliphatic carbocycles. The summed E-state index contributed by atoms with van der Waals surface area (Å²) >= 11 is 0. The SMILES string of the molecule is N[C@@H](Cc1ccccc1)[C@@H](O)c1ccco1. The van der Waals surface area contributed by atoms with Crippen LogP contribution < -0.4 is 5.73 Å². The Morgan fingerprint density at radius 1 is 1.12 bits per heavy atom. The molecule has 3 heteroatoms. The minimum absolute atomic E-state index is 0.353. The first-order valence-electron chi connectivity index (χ1n) is 5.28. The summed E-state index contributed by atoms with van der Waals surface area (Å²) in [4.78, 5) is 0. The van der Waals surface area contributed by atoms with Gasteiger partial charge in [-0.15, -0.1) is 0 Å². The lowest BCUT2D eigenvalue weighted by Gasteiger charge is -2.16. The molecular weight excluding hydrogens is 202 g/mol. The highest BCUT2D eigenvalue weighted by molar-refractivity contribution is 5.17. The second kappa shape index (κ2) is 4.96. The molecule has 0 aliphatic heterocycles. The lowest BCUT2D eigenvalue weighted by atomic mass is 10.0. The van der Waals surface area contributed by atoms with Gasteiger partial charge in [0.15, 0.2) is 0 Å². The molecule has 2 aromatic rings. The van der Waals surface area contributed by atoms with Crippen molar-refractivity contribution in [3.63, 3.8) is 0 Å². The van der Waals surface area contributed by atoms with Crippen molar-refractivity contribution in [1.29, 1.82) is 0 Å². The fourth-order valence-electron chi connectivity index (χ4n) is 1.67. The van der Waals surface area contributed by atoms with E-state index in [1.165, 1.54) is 6.26 Å². The monoisotopic (exact) mass is 217 g/mol. The quantitative estimate of drug-likeness (QED) is 0.822. The molecule has 0 saturated heterocycles. The van der Waals surface area contributed by atoms with Gasteiger partial charge in [-0.2, -0.15) is 0 Å². The first kappa shape index (κ1) is 10.9. The number of hydrogen-bond acceptors (Lipinski definition) is 3. The second-order valence-electron chi connectivity index (χ2n) is 3.81. The first-order valence-corrected chi connectivity index (χ1v) is 5.28. The Kier molecular flexibility index (Phi) is 3.39. The third kappa shape index (κ3) is 2.51. The number of rotatable bonds is 4. The number of aliphatic hydroxyl groups excluding tert-OH is 1. The van der Waals surface area contributed by atoms with Crippen LogP contribution in [0.2, 0.25) is 0 Å². The van der Waals surface area contributed by atoms with E-state index >= 15 is 0 Å². The third-order valence-corrected chi connectivity index (χ3v) is 2.55. The zero-order valence-electron chi connectivity index (χ0n) is 8.91. The average Bonchev–Trinajstić information content (AvgIpc) is 2.83. The van der Waals surface area contributed by atoms with Crippen molar-refractivity contribution < 1.29 is 9.52 Å². The van der Waals surface area contributed by atoms with Crippen LogP contribution in [-0.4, -0.2) is 11.1 Å². The van der Waals surface area contributed by atoms with Gasteiger partial charge in [-0.3, -0.25) is 0 Å². The molecule has 84 valence electrons. The van der Waals surface area contributed by atoms with Crippen LogP contribution in [0.3, 0.4) is 0 Å². The Labute approximate surface area is 94.5 Å². The zero-order chi connectivity index (χ0) is 11.4. The fraction of sp³-hybridized carbons (Fsp3) is 0.231. The van der Waals surface area contributed by atoms with Crippen LogP contribution in [0.25, 0.3) is 0 Å². The smallest absolute Gasteiger partial charge is 0.133 e. The standard InChI is InChI=1S/C13H15NO2/c14-11(9-10-5-2-1-3-6-10)13(15)12-7-4-8-16-12/h1-8,11,13,15H,9,14H2/t11-,13+/m0/s1. The normalized spacial score (nSPS) is 14.6. The predicted molar refractivity (Wildman–Crippen MR) is 61.8 cm³/mol. The molecule has 2 rings (SSSR count). The molecule has 0 amide bonds. The topological polar surface area (TPSA) is 59.4 Å². The molecule has 2 atom stereocenters. The van der Waals surface area contributed by atoms with E-state index in [9.17, 15) is 5.11 Å². The Balaban J connectivity index is 2.01. The summed E-state index contributed by atoms with van der Waals surface area (Å²) in [6, 6.07) is 13.0. The van der Waals surface area contributed by atoms with Gasteiger partial charge in [0.05, 0.1) is 6.26 Å². The van der Waals surface area contributed by atoms with Crippen LogP contribution in [0.5, 0.6) is 0 Å². The summed E-state index contributed by atoms with van der Waals surface area (Å²) < 4.78 is 5.12. The van der Waals surface area contributed by atoms with Gasteiger partial charge in [0, 0.05) is 6.04 Å². The second-order valence-corrected chi connectivity index (χ2v) is 3.81. The lowest BCUT2D eigenvalue weighted by Crippen LogP contribution is -2.30. The van der Waals surface area contributed by atoms with E-state index in [1.807, 2.05) is 30.3 Å². The number of aliphatic hydroxyl groups is 1. The average molecular weight is 217 g/mol. The molecule has 1 aromatic heterocycles. The summed E-state index contributed by atoms with van der Waals surface area (Å²) in [5, 5.41) is 9.92. The van der Waals surface area contributed by atoms with Crippen LogP contribution in [0, 0.1) is 0 Å². The Morgan fingerprint density at radius 3 is 2.50 bits per heavy atom. The summed E-state index contributed by atoms with van der Waals surface area (Å²) in [5.74, 6) is 0.517. The predicted octanol–water partition coefficient (Wildman–Crippen LogP) is 1.88. The van der Waals surface area contributed by atoms with E-state index in [-0.39, 0.29) is 6.04 Å². The Morgan fingerprint density at radius 2 is 1.88 bits per heavy atom. The Hall–Kier alpha value is -1.58. The van der Waals surface area contributed by atoms with Crippen molar-refractivity contribution in [1.82, 2.24) is 0 Å². The molecule has 3 N–H and O–H groups in total. The molecule has 0 unspecified atom stereocenters. The van der Waals surface area contributed by atoms with Gasteiger partial charge in [-0.1, -0.05) is 30.3 Å². The molecule has 0 fully saturated rings. The molecule has 16 heavy (non-hydrogen) atoms. The number of furan rings is 1. The van der Waals surface area contributed by atoms with Crippen molar-refractivity contribution in [2.24, 2.45) is 5.73 Å². The number of nitrogens with two attached hydrogens (primary N) is 1. The maximum atomic E-state index is 9.92. The molecule has 0 spiro atoms. The minimum atomic E-state index is -0.754. The lowest BCUT2D eigenvalue weighted by molar-refractivity contribution is 0.121. The molecule has 3 nitrogen and oxygen atoms in total. The van der Waals surface area contributed by atoms with Gasteiger partial charge >= 0.3 is 0 Å². The van der Waals surface area contributed by atoms with E-state index in [4.69, 9.17) is 10.2 Å². The van der Waals surface area contributed by atoms with Crippen LogP contribution >= 0.6 is 0 Å². The van der Waals surface area contributed by atoms with Crippen LogP contribution in [0.4, 0.5) is 0 Å². The Bertz CT molecular complexity index is 411. The highest BCUT2D eigenvalue weighted by Crippen LogP contribution is 2.18. The summed E-state index contributed by atoms with van der Waals surface area (Å²) in [6.07, 6.45) is 1.41. The molecule has 0 bridgehead atoms. The fourth-order valence-corrected chi connectivity index (χ4v) is 1.67. The number of hydrogen-bond donors (Lipinski definition) is 2. The van der Waals surface area contributed by atoms with Gasteiger partial charge in [-0.25, -0.2) is 0 Å². The highest BCUT2D eigenvalue weighted by Gasteiger charge is 2.19. The van der Waals surface area contributed by atoms with Crippen LogP contribution in [0.1, 0.15) is 17.4 Å². The third-order valence-electron chi connectivity index (χ3n) is 2.55. The van der Waals surface area contributed by atoms with Crippen molar-refractivity contribution >= 4 is 0 Å².